The van der Waals surface area contributed by atoms with Crippen LogP contribution in [0.3, 0.4) is 0 Å². The Morgan fingerprint density at radius 2 is 1.80 bits per heavy atom. The van der Waals surface area contributed by atoms with Crippen LogP contribution in [0.2, 0.25) is 0 Å². The third kappa shape index (κ3) is 4.62. The third-order valence-electron chi connectivity index (χ3n) is 6.27. The highest BCUT2D eigenvalue weighted by molar-refractivity contribution is 6.00. The van der Waals surface area contributed by atoms with Gasteiger partial charge in [-0.2, -0.15) is 5.10 Å². The summed E-state index contributed by atoms with van der Waals surface area (Å²) in [6, 6.07) is 0.0814. The smallest absolute Gasteiger partial charge is 0.165 e. The summed E-state index contributed by atoms with van der Waals surface area (Å²) < 4.78 is 7.68. The molecule has 0 spiro atoms. The quantitative estimate of drug-likeness (QED) is 0.363. The van der Waals surface area contributed by atoms with E-state index in [1.54, 1.807) is 0 Å². The molecule has 10 heteroatoms. The van der Waals surface area contributed by atoms with Gasteiger partial charge in [0.2, 0.25) is 0 Å². The van der Waals surface area contributed by atoms with E-state index < -0.39 is 0 Å². The molecular weight excluding hydrogens is 442 g/mol. The van der Waals surface area contributed by atoms with E-state index in [-0.39, 0.29) is 6.04 Å². The lowest BCUT2D eigenvalue weighted by molar-refractivity contribution is 0.386. The molecule has 1 saturated carbocycles. The average Bonchev–Trinajstić information content (AvgIpc) is 3.50. The summed E-state index contributed by atoms with van der Waals surface area (Å²) in [5, 5.41) is 9.92. The Morgan fingerprint density at radius 1 is 1.09 bits per heavy atom. The summed E-state index contributed by atoms with van der Waals surface area (Å²) in [4.78, 5) is 18.1. The molecule has 4 heterocycles. The number of aromatic nitrogens is 7. The average molecular weight is 478 g/mol. The van der Waals surface area contributed by atoms with Gasteiger partial charge >= 0.3 is 0 Å². The number of rotatable bonds is 8. The zero-order valence-electron chi connectivity index (χ0n) is 21.2. The van der Waals surface area contributed by atoms with E-state index in [0.29, 0.717) is 52.4 Å². The first-order valence-electron chi connectivity index (χ1n) is 12.5. The molecule has 1 aliphatic carbocycles. The maximum atomic E-state index is 6.27. The lowest BCUT2D eigenvalue weighted by atomic mass is 9.95. The highest BCUT2D eigenvalue weighted by atomic mass is 16.5. The molecule has 4 N–H and O–H groups in total. The van der Waals surface area contributed by atoms with Crippen molar-refractivity contribution in [3.63, 3.8) is 0 Å². The van der Waals surface area contributed by atoms with E-state index in [1.165, 1.54) is 6.33 Å². The van der Waals surface area contributed by atoms with Gasteiger partial charge in [0.1, 0.15) is 23.5 Å². The first-order chi connectivity index (χ1) is 17.0. The maximum Gasteiger partial charge on any atom is 0.165 e. The highest BCUT2D eigenvalue weighted by Crippen LogP contribution is 2.47. The molecule has 35 heavy (non-hydrogen) atoms. The zero-order valence-corrected chi connectivity index (χ0v) is 21.2. The Balaban J connectivity index is 0.00000141. The molecule has 1 unspecified atom stereocenters. The van der Waals surface area contributed by atoms with Crippen molar-refractivity contribution in [1.29, 1.82) is 0 Å². The maximum absolute atomic E-state index is 6.27. The molecule has 0 amide bonds. The Hall–Kier alpha value is -3.40. The minimum atomic E-state index is 0.0814. The predicted octanol–water partition coefficient (Wildman–Crippen LogP) is 4.85. The molecule has 4 aromatic rings. The standard InChI is InChI=1S/C23H29N9O.C2H6/c1-4-13(7-8-24)15-9-26-22(27-10-15)16-19(31-33-20(16)14-5-6-14)18-17-21(25)28-11-29-23(17)32(30-18)12(2)3;1-2/h9-14H,4-8,24H2,1-3H3,(H2,25,28,29);1-2H3. The van der Waals surface area contributed by atoms with E-state index >= 15 is 0 Å². The van der Waals surface area contributed by atoms with Crippen LogP contribution < -0.4 is 11.5 Å². The SMILES string of the molecule is CC.CCC(CCN)c1cnc(-c2c(-c3nn(C(C)C)c4ncnc(N)c34)noc2C2CC2)nc1. The summed E-state index contributed by atoms with van der Waals surface area (Å²) in [7, 11) is 0. The number of nitrogen functional groups attached to an aromatic ring is 1. The molecule has 186 valence electrons. The van der Waals surface area contributed by atoms with Crippen LogP contribution in [0.5, 0.6) is 0 Å². The second-order valence-corrected chi connectivity index (χ2v) is 8.91. The predicted molar refractivity (Wildman–Crippen MR) is 137 cm³/mol. The Kier molecular flexibility index (Phi) is 7.39. The number of anilines is 1. The fraction of sp³-hybridized carbons (Fsp3) is 0.520. The van der Waals surface area contributed by atoms with Gasteiger partial charge in [0.05, 0.1) is 10.9 Å². The van der Waals surface area contributed by atoms with Crippen molar-refractivity contribution >= 4 is 16.9 Å². The van der Waals surface area contributed by atoms with Crippen LogP contribution in [-0.2, 0) is 0 Å². The Labute approximate surface area is 205 Å². The number of nitrogens with two attached hydrogens (primary N) is 2. The van der Waals surface area contributed by atoms with Crippen molar-refractivity contribution in [3.05, 3.63) is 30.0 Å². The zero-order chi connectivity index (χ0) is 25.1. The van der Waals surface area contributed by atoms with Crippen molar-refractivity contribution in [2.75, 3.05) is 12.3 Å². The number of hydrogen-bond donors (Lipinski definition) is 2. The Bertz CT molecular complexity index is 1270. The molecule has 4 aromatic heterocycles. The largest absolute Gasteiger partial charge is 0.383 e. The van der Waals surface area contributed by atoms with Crippen LogP contribution >= 0.6 is 0 Å². The highest BCUT2D eigenvalue weighted by Gasteiger charge is 2.36. The molecule has 1 atom stereocenters. The van der Waals surface area contributed by atoms with Crippen molar-refractivity contribution in [2.24, 2.45) is 5.73 Å². The first kappa shape index (κ1) is 24.7. The first-order valence-corrected chi connectivity index (χ1v) is 12.5. The monoisotopic (exact) mass is 477 g/mol. The Morgan fingerprint density at radius 3 is 2.40 bits per heavy atom. The molecule has 0 bridgehead atoms. The second kappa shape index (κ2) is 10.5. The van der Waals surface area contributed by atoms with Gasteiger partial charge in [-0.15, -0.1) is 0 Å². The van der Waals surface area contributed by atoms with Gasteiger partial charge in [0.15, 0.2) is 17.2 Å². The minimum Gasteiger partial charge on any atom is -0.383 e. The molecule has 5 rings (SSSR count). The van der Waals surface area contributed by atoms with Gasteiger partial charge in [-0.1, -0.05) is 25.9 Å². The van der Waals surface area contributed by atoms with Gasteiger partial charge in [-0.25, -0.2) is 24.6 Å². The number of fused-ring (bicyclic) bond motifs is 1. The third-order valence-corrected chi connectivity index (χ3v) is 6.27. The molecule has 0 aromatic carbocycles. The normalized spacial score (nSPS) is 14.3. The van der Waals surface area contributed by atoms with Gasteiger partial charge in [-0.05, 0) is 57.6 Å². The number of hydrogen-bond acceptors (Lipinski definition) is 9. The van der Waals surface area contributed by atoms with Crippen LogP contribution in [0, 0.1) is 0 Å². The van der Waals surface area contributed by atoms with Crippen molar-refractivity contribution in [2.45, 2.75) is 78.2 Å². The van der Waals surface area contributed by atoms with E-state index in [0.717, 1.165) is 42.6 Å². The van der Waals surface area contributed by atoms with Crippen LogP contribution in [0.1, 0.15) is 89.5 Å². The molecule has 10 nitrogen and oxygen atoms in total. The van der Waals surface area contributed by atoms with E-state index in [4.69, 9.17) is 31.1 Å². The van der Waals surface area contributed by atoms with Gasteiger partial charge in [0, 0.05) is 24.4 Å². The summed E-state index contributed by atoms with van der Waals surface area (Å²) in [6.07, 6.45) is 9.24. The second-order valence-electron chi connectivity index (χ2n) is 8.91. The van der Waals surface area contributed by atoms with Crippen molar-refractivity contribution in [3.8, 4) is 22.8 Å². The van der Waals surface area contributed by atoms with Crippen LogP contribution in [0.4, 0.5) is 5.82 Å². The van der Waals surface area contributed by atoms with E-state index in [9.17, 15) is 0 Å². The molecule has 0 saturated heterocycles. The van der Waals surface area contributed by atoms with Crippen molar-refractivity contribution < 1.29 is 4.52 Å². The lowest BCUT2D eigenvalue weighted by Crippen LogP contribution is -2.07. The van der Waals surface area contributed by atoms with Crippen LogP contribution in [0.25, 0.3) is 33.8 Å². The molecule has 0 radical (unpaired) electrons. The van der Waals surface area contributed by atoms with Gasteiger partial charge < -0.3 is 16.0 Å². The summed E-state index contributed by atoms with van der Waals surface area (Å²) >= 11 is 0. The van der Waals surface area contributed by atoms with Crippen LogP contribution in [0.15, 0.2) is 23.2 Å². The minimum absolute atomic E-state index is 0.0814. The van der Waals surface area contributed by atoms with Crippen LogP contribution in [-0.4, -0.2) is 41.4 Å². The van der Waals surface area contributed by atoms with Crippen molar-refractivity contribution in [1.82, 2.24) is 34.9 Å². The van der Waals surface area contributed by atoms with E-state index in [1.807, 2.05) is 44.8 Å². The van der Waals surface area contributed by atoms with Gasteiger partial charge in [-0.3, -0.25) is 0 Å². The molecule has 1 aliphatic rings. The molecule has 1 fully saturated rings. The van der Waals surface area contributed by atoms with E-state index in [2.05, 4.69) is 22.0 Å². The molecule has 0 aliphatic heterocycles. The lowest BCUT2D eigenvalue weighted by Gasteiger charge is -2.13. The topological polar surface area (TPSA) is 147 Å². The fourth-order valence-corrected chi connectivity index (χ4v) is 4.31. The summed E-state index contributed by atoms with van der Waals surface area (Å²) in [5.41, 5.74) is 15.7. The fourth-order valence-electron chi connectivity index (χ4n) is 4.31. The molecular formula is C25H35N9O. The van der Waals surface area contributed by atoms with Gasteiger partial charge in [0.25, 0.3) is 0 Å². The summed E-state index contributed by atoms with van der Waals surface area (Å²) in [6.45, 7) is 10.9. The number of nitrogens with zero attached hydrogens (tertiary/aromatic N) is 7. The summed E-state index contributed by atoms with van der Waals surface area (Å²) in [5.74, 6) is 2.39.